The van der Waals surface area contributed by atoms with Gasteiger partial charge < -0.3 is 4.74 Å². The highest BCUT2D eigenvalue weighted by Crippen LogP contribution is 1.86. The summed E-state index contributed by atoms with van der Waals surface area (Å²) < 4.78 is 19.0. The second-order valence-electron chi connectivity index (χ2n) is 1.27. The summed E-state index contributed by atoms with van der Waals surface area (Å²) in [6, 6.07) is 0. The Kier molecular flexibility index (Phi) is 4.78. The third kappa shape index (κ3) is 4.22. The van der Waals surface area contributed by atoms with E-state index in [-0.39, 0.29) is 6.61 Å². The first-order valence-electron chi connectivity index (χ1n) is 2.44. The van der Waals surface area contributed by atoms with Gasteiger partial charge >= 0.3 is 5.97 Å². The van der Waals surface area contributed by atoms with Crippen LogP contribution in [0.25, 0.3) is 0 Å². The summed E-state index contributed by atoms with van der Waals surface area (Å²) in [4.78, 5) is 10.3. The van der Waals surface area contributed by atoms with Crippen LogP contribution >= 0.6 is 0 Å². The number of carbonyl (C=O) groups is 1. The van der Waals surface area contributed by atoms with Gasteiger partial charge in [-0.3, -0.25) is 4.18 Å². The van der Waals surface area contributed by atoms with E-state index in [1.165, 1.54) is 7.11 Å². The lowest BCUT2D eigenvalue weighted by Gasteiger charge is -1.96. The fraction of sp³-hybridized carbons (Fsp3) is 0.400. The molecule has 0 aromatic rings. The number of hydrogen-bond donors (Lipinski definition) is 0. The number of ether oxygens (including phenoxy) is 1. The Morgan fingerprint density at radius 1 is 1.80 bits per heavy atom. The van der Waals surface area contributed by atoms with Crippen LogP contribution in [0.1, 0.15) is 0 Å². The molecule has 0 amide bonds. The van der Waals surface area contributed by atoms with Crippen LogP contribution in [0.3, 0.4) is 0 Å². The summed E-state index contributed by atoms with van der Waals surface area (Å²) in [6.45, 7) is 2.88. The zero-order chi connectivity index (χ0) is 7.98. The molecule has 1 unspecified atom stereocenters. The fourth-order valence-electron chi connectivity index (χ4n) is 0.213. The maximum atomic E-state index is 10.4. The molecule has 10 heavy (non-hydrogen) atoms. The van der Waals surface area contributed by atoms with Crippen LogP contribution in [-0.4, -0.2) is 23.9 Å². The number of hydrogen-bond acceptors (Lipinski definition) is 4. The third-order valence-electron chi connectivity index (χ3n) is 0.657. The summed E-state index contributed by atoms with van der Waals surface area (Å²) in [5.41, 5.74) is 0. The summed E-state index contributed by atoms with van der Waals surface area (Å²) >= 11 is -1.59. The molecule has 0 aliphatic carbocycles. The van der Waals surface area contributed by atoms with E-state index in [1.54, 1.807) is 0 Å². The van der Waals surface area contributed by atoms with E-state index in [9.17, 15) is 9.00 Å². The minimum atomic E-state index is -1.59. The van der Waals surface area contributed by atoms with E-state index < -0.39 is 17.0 Å². The van der Waals surface area contributed by atoms with Crippen LogP contribution in [0.5, 0.6) is 0 Å². The molecule has 0 bridgehead atoms. The van der Waals surface area contributed by atoms with E-state index in [4.69, 9.17) is 0 Å². The number of carbonyl (C=O) groups excluding carboxylic acids is 1. The Labute approximate surface area is 61.5 Å². The van der Waals surface area contributed by atoms with Crippen LogP contribution in [0.15, 0.2) is 12.0 Å². The quantitative estimate of drug-likeness (QED) is 0.548. The van der Waals surface area contributed by atoms with Gasteiger partial charge in [0.2, 0.25) is 0 Å². The summed E-state index contributed by atoms with van der Waals surface area (Å²) in [7, 11) is 1.22. The van der Waals surface area contributed by atoms with Crippen LogP contribution in [0.2, 0.25) is 0 Å². The van der Waals surface area contributed by atoms with Crippen molar-refractivity contribution in [3.63, 3.8) is 0 Å². The molecule has 0 rings (SSSR count). The van der Waals surface area contributed by atoms with Crippen molar-refractivity contribution in [2.45, 2.75) is 0 Å². The molecule has 0 fully saturated rings. The topological polar surface area (TPSA) is 52.6 Å². The van der Waals surface area contributed by atoms with Gasteiger partial charge in [-0.05, 0) is 0 Å². The van der Waals surface area contributed by atoms with Crippen LogP contribution in [0.4, 0.5) is 0 Å². The van der Waals surface area contributed by atoms with Gasteiger partial charge in [0.05, 0.1) is 7.11 Å². The van der Waals surface area contributed by atoms with Crippen LogP contribution in [-0.2, 0) is 24.8 Å². The standard InChI is InChI=1S/C5H8O4S/c1-3-10(7)9-4-5(6)8-2/h3H,1,4H2,2H3. The molecule has 4 nitrogen and oxygen atoms in total. The number of esters is 1. The summed E-state index contributed by atoms with van der Waals surface area (Å²) in [5.74, 6) is -0.560. The van der Waals surface area contributed by atoms with Gasteiger partial charge in [0.15, 0.2) is 17.7 Å². The van der Waals surface area contributed by atoms with Gasteiger partial charge in [0.25, 0.3) is 0 Å². The highest BCUT2D eigenvalue weighted by Gasteiger charge is 2.01. The van der Waals surface area contributed by atoms with Crippen molar-refractivity contribution in [1.82, 2.24) is 0 Å². The van der Waals surface area contributed by atoms with Crippen molar-refractivity contribution in [3.8, 4) is 0 Å². The summed E-state index contributed by atoms with van der Waals surface area (Å²) in [6.07, 6.45) is 0. The Balaban J connectivity index is 3.44. The fourth-order valence-corrected chi connectivity index (χ4v) is 0.522. The molecule has 0 aromatic heterocycles. The Morgan fingerprint density at radius 3 is 2.80 bits per heavy atom. The maximum Gasteiger partial charge on any atom is 0.333 e. The predicted octanol–water partition coefficient (Wildman–Crippen LogP) is -0.0168. The van der Waals surface area contributed by atoms with E-state index >= 15 is 0 Å². The Hall–Kier alpha value is -0.680. The van der Waals surface area contributed by atoms with Crippen LogP contribution < -0.4 is 0 Å². The maximum absolute atomic E-state index is 10.4. The van der Waals surface area contributed by atoms with Gasteiger partial charge in [-0.25, -0.2) is 9.00 Å². The molecule has 0 saturated heterocycles. The van der Waals surface area contributed by atoms with Crippen molar-refractivity contribution in [2.24, 2.45) is 0 Å². The number of rotatable bonds is 4. The second kappa shape index (κ2) is 5.13. The lowest BCUT2D eigenvalue weighted by atomic mass is 10.8. The molecule has 1 atom stereocenters. The highest BCUT2D eigenvalue weighted by atomic mass is 32.2. The molecule has 0 spiro atoms. The smallest absolute Gasteiger partial charge is 0.333 e. The monoisotopic (exact) mass is 164 g/mol. The molecular weight excluding hydrogens is 156 g/mol. The van der Waals surface area contributed by atoms with Gasteiger partial charge in [-0.15, -0.1) is 0 Å². The average Bonchev–Trinajstić information content (AvgIpc) is 1.99. The first kappa shape index (κ1) is 9.32. The molecule has 0 aromatic carbocycles. The van der Waals surface area contributed by atoms with E-state index in [1.807, 2.05) is 0 Å². The minimum Gasteiger partial charge on any atom is -0.467 e. The van der Waals surface area contributed by atoms with Gasteiger partial charge in [0.1, 0.15) is 0 Å². The zero-order valence-electron chi connectivity index (χ0n) is 5.53. The minimum absolute atomic E-state index is 0.310. The van der Waals surface area contributed by atoms with Crippen molar-refractivity contribution in [3.05, 3.63) is 12.0 Å². The normalized spacial score (nSPS) is 12.1. The first-order valence-corrected chi connectivity index (χ1v) is 3.57. The van der Waals surface area contributed by atoms with Crippen molar-refractivity contribution < 1.29 is 17.9 Å². The third-order valence-corrected chi connectivity index (χ3v) is 1.28. The molecule has 0 heterocycles. The lowest BCUT2D eigenvalue weighted by molar-refractivity contribution is -0.142. The lowest BCUT2D eigenvalue weighted by Crippen LogP contribution is -2.10. The SMILES string of the molecule is C=CS(=O)OCC(=O)OC. The van der Waals surface area contributed by atoms with Gasteiger partial charge in [0, 0.05) is 5.41 Å². The molecule has 0 aliphatic rings. The Morgan fingerprint density at radius 2 is 2.40 bits per heavy atom. The largest absolute Gasteiger partial charge is 0.467 e. The average molecular weight is 164 g/mol. The molecule has 0 saturated carbocycles. The van der Waals surface area contributed by atoms with Crippen molar-refractivity contribution >= 4 is 17.0 Å². The molecule has 0 N–H and O–H groups in total. The van der Waals surface area contributed by atoms with Crippen molar-refractivity contribution in [2.75, 3.05) is 13.7 Å². The predicted molar refractivity (Wildman–Crippen MR) is 36.3 cm³/mol. The van der Waals surface area contributed by atoms with Crippen LogP contribution in [0, 0.1) is 0 Å². The van der Waals surface area contributed by atoms with E-state index in [2.05, 4.69) is 15.5 Å². The molecule has 5 heteroatoms. The first-order chi connectivity index (χ1) is 4.70. The molecule has 0 radical (unpaired) electrons. The Bertz CT molecular complexity index is 154. The molecule has 0 aliphatic heterocycles. The van der Waals surface area contributed by atoms with E-state index in [0.717, 1.165) is 5.41 Å². The van der Waals surface area contributed by atoms with E-state index in [0.29, 0.717) is 0 Å². The zero-order valence-corrected chi connectivity index (χ0v) is 6.35. The van der Waals surface area contributed by atoms with Gasteiger partial charge in [-0.2, -0.15) is 0 Å². The van der Waals surface area contributed by atoms with Gasteiger partial charge in [-0.1, -0.05) is 6.58 Å². The molecule has 58 valence electrons. The highest BCUT2D eigenvalue weighted by molar-refractivity contribution is 7.83. The van der Waals surface area contributed by atoms with Crippen molar-refractivity contribution in [1.29, 1.82) is 0 Å². The number of methoxy groups -OCH3 is 1. The summed E-state index contributed by atoms with van der Waals surface area (Å²) in [5, 5.41) is 1.09. The molecular formula is C5H8O4S. The second-order valence-corrected chi connectivity index (χ2v) is 2.36.